The van der Waals surface area contributed by atoms with E-state index in [9.17, 15) is 4.79 Å². The van der Waals surface area contributed by atoms with Crippen molar-refractivity contribution in [3.05, 3.63) is 59.4 Å². The van der Waals surface area contributed by atoms with Crippen LogP contribution in [0, 0.1) is 6.92 Å². The first-order valence-corrected chi connectivity index (χ1v) is 5.80. The first-order chi connectivity index (χ1) is 8.66. The maximum Gasteiger partial charge on any atom is 0.163 e. The van der Waals surface area contributed by atoms with Gasteiger partial charge < -0.3 is 4.74 Å². The quantitative estimate of drug-likeness (QED) is 0.772. The Morgan fingerprint density at radius 3 is 2.61 bits per heavy atom. The van der Waals surface area contributed by atoms with Gasteiger partial charge in [-0.15, -0.1) is 0 Å². The average Bonchev–Trinajstić information content (AvgIpc) is 2.38. The van der Waals surface area contributed by atoms with Gasteiger partial charge in [-0.2, -0.15) is 0 Å². The highest BCUT2D eigenvalue weighted by molar-refractivity contribution is 5.97. The molecule has 0 N–H and O–H groups in total. The van der Waals surface area contributed by atoms with Crippen molar-refractivity contribution in [1.29, 1.82) is 0 Å². The largest absolute Gasteiger partial charge is 0.488 e. The number of ether oxygens (including phenoxy) is 1. The van der Waals surface area contributed by atoms with Crippen LogP contribution >= 0.6 is 0 Å². The van der Waals surface area contributed by atoms with Gasteiger partial charge in [-0.1, -0.05) is 11.6 Å². The van der Waals surface area contributed by atoms with E-state index in [0.717, 1.165) is 11.1 Å². The Balaban J connectivity index is 2.17. The summed E-state index contributed by atoms with van der Waals surface area (Å²) in [6.07, 6.45) is 3.44. The van der Waals surface area contributed by atoms with E-state index in [1.54, 1.807) is 19.3 Å². The monoisotopic (exact) mass is 241 g/mol. The molecule has 3 heteroatoms. The van der Waals surface area contributed by atoms with Gasteiger partial charge in [0.2, 0.25) is 0 Å². The molecule has 0 bridgehead atoms. The summed E-state index contributed by atoms with van der Waals surface area (Å²) in [5, 5.41) is 0. The van der Waals surface area contributed by atoms with Gasteiger partial charge >= 0.3 is 0 Å². The minimum Gasteiger partial charge on any atom is -0.488 e. The molecular weight excluding hydrogens is 226 g/mol. The number of benzene rings is 1. The number of Topliss-reactive ketones (excluding diaryl/α,β-unsaturated/α-hetero) is 1. The second-order valence-corrected chi connectivity index (χ2v) is 4.20. The van der Waals surface area contributed by atoms with Gasteiger partial charge in [0.1, 0.15) is 12.4 Å². The van der Waals surface area contributed by atoms with E-state index < -0.39 is 0 Å². The SMILES string of the molecule is CC(=O)c1cc(C)ccc1OCc1ccncc1. The highest BCUT2D eigenvalue weighted by Gasteiger charge is 2.08. The normalized spacial score (nSPS) is 10.1. The Kier molecular flexibility index (Phi) is 3.72. The first kappa shape index (κ1) is 12.3. The molecule has 1 heterocycles. The molecule has 0 amide bonds. The Morgan fingerprint density at radius 2 is 1.94 bits per heavy atom. The van der Waals surface area contributed by atoms with Gasteiger partial charge in [-0.3, -0.25) is 9.78 Å². The molecular formula is C15H15NO2. The third-order valence-electron chi connectivity index (χ3n) is 2.66. The van der Waals surface area contributed by atoms with Gasteiger partial charge in [-0.25, -0.2) is 0 Å². The number of aryl methyl sites for hydroxylation is 1. The van der Waals surface area contributed by atoms with Crippen LogP contribution in [0.1, 0.15) is 28.4 Å². The standard InChI is InChI=1S/C15H15NO2/c1-11-3-4-15(14(9-11)12(2)17)18-10-13-5-7-16-8-6-13/h3-9H,10H2,1-2H3. The van der Waals surface area contributed by atoms with Crippen LogP contribution < -0.4 is 4.74 Å². The Labute approximate surface area is 106 Å². The second-order valence-electron chi connectivity index (χ2n) is 4.20. The molecule has 0 spiro atoms. The molecule has 18 heavy (non-hydrogen) atoms. The molecule has 92 valence electrons. The number of aromatic nitrogens is 1. The summed E-state index contributed by atoms with van der Waals surface area (Å²) in [5.74, 6) is 0.647. The van der Waals surface area contributed by atoms with E-state index in [4.69, 9.17) is 4.74 Å². The van der Waals surface area contributed by atoms with Gasteiger partial charge in [0.25, 0.3) is 0 Å². The van der Waals surface area contributed by atoms with E-state index in [-0.39, 0.29) is 5.78 Å². The van der Waals surface area contributed by atoms with E-state index >= 15 is 0 Å². The third-order valence-corrected chi connectivity index (χ3v) is 2.66. The van der Waals surface area contributed by atoms with E-state index in [0.29, 0.717) is 17.9 Å². The maximum atomic E-state index is 11.5. The zero-order valence-electron chi connectivity index (χ0n) is 10.5. The van der Waals surface area contributed by atoms with E-state index in [2.05, 4.69) is 4.98 Å². The van der Waals surface area contributed by atoms with Gasteiger partial charge in [0, 0.05) is 12.4 Å². The molecule has 2 aromatic rings. The fourth-order valence-electron chi connectivity index (χ4n) is 1.68. The summed E-state index contributed by atoms with van der Waals surface area (Å²) in [4.78, 5) is 15.5. The van der Waals surface area contributed by atoms with Crippen molar-refractivity contribution < 1.29 is 9.53 Å². The van der Waals surface area contributed by atoms with Crippen molar-refractivity contribution in [2.45, 2.75) is 20.5 Å². The number of carbonyl (C=O) groups is 1. The van der Waals surface area contributed by atoms with Crippen LogP contribution in [0.15, 0.2) is 42.7 Å². The number of hydrogen-bond acceptors (Lipinski definition) is 3. The summed E-state index contributed by atoms with van der Waals surface area (Å²) in [6, 6.07) is 9.41. The topological polar surface area (TPSA) is 39.2 Å². The van der Waals surface area contributed by atoms with Crippen LogP contribution in [0.4, 0.5) is 0 Å². The van der Waals surface area contributed by atoms with Gasteiger partial charge in [0.15, 0.2) is 5.78 Å². The fraction of sp³-hybridized carbons (Fsp3) is 0.200. The fourth-order valence-corrected chi connectivity index (χ4v) is 1.68. The van der Waals surface area contributed by atoms with Crippen molar-refractivity contribution in [3.63, 3.8) is 0 Å². The molecule has 0 fully saturated rings. The zero-order valence-corrected chi connectivity index (χ0v) is 10.5. The van der Waals surface area contributed by atoms with Crippen molar-refractivity contribution >= 4 is 5.78 Å². The number of rotatable bonds is 4. The van der Waals surface area contributed by atoms with Crippen LogP contribution in [0.5, 0.6) is 5.75 Å². The highest BCUT2D eigenvalue weighted by Crippen LogP contribution is 2.21. The molecule has 1 aromatic heterocycles. The van der Waals surface area contributed by atoms with Crippen LogP contribution in [0.25, 0.3) is 0 Å². The highest BCUT2D eigenvalue weighted by atomic mass is 16.5. The Hall–Kier alpha value is -2.16. The molecule has 0 atom stereocenters. The van der Waals surface area contributed by atoms with Crippen LogP contribution in [0.3, 0.4) is 0 Å². The van der Waals surface area contributed by atoms with E-state index in [1.165, 1.54) is 0 Å². The van der Waals surface area contributed by atoms with E-state index in [1.807, 2.05) is 37.3 Å². The predicted molar refractivity (Wildman–Crippen MR) is 69.8 cm³/mol. The lowest BCUT2D eigenvalue weighted by Gasteiger charge is -2.10. The molecule has 2 rings (SSSR count). The maximum absolute atomic E-state index is 11.5. The predicted octanol–water partition coefficient (Wildman–Crippen LogP) is 3.17. The summed E-state index contributed by atoms with van der Waals surface area (Å²) in [5.41, 5.74) is 2.71. The average molecular weight is 241 g/mol. The molecule has 0 radical (unpaired) electrons. The molecule has 3 nitrogen and oxygen atoms in total. The van der Waals surface area contributed by atoms with Gasteiger partial charge in [0.05, 0.1) is 5.56 Å². The van der Waals surface area contributed by atoms with Crippen LogP contribution in [0.2, 0.25) is 0 Å². The molecule has 0 saturated heterocycles. The molecule has 1 aromatic carbocycles. The summed E-state index contributed by atoms with van der Waals surface area (Å²) < 4.78 is 5.69. The van der Waals surface area contributed by atoms with Gasteiger partial charge in [-0.05, 0) is 43.7 Å². The summed E-state index contributed by atoms with van der Waals surface area (Å²) >= 11 is 0. The lowest BCUT2D eigenvalue weighted by Crippen LogP contribution is -2.02. The number of carbonyl (C=O) groups excluding carboxylic acids is 1. The van der Waals surface area contributed by atoms with Crippen molar-refractivity contribution in [2.24, 2.45) is 0 Å². The Bertz CT molecular complexity index is 550. The third kappa shape index (κ3) is 2.94. The number of hydrogen-bond donors (Lipinski definition) is 0. The van der Waals surface area contributed by atoms with Crippen molar-refractivity contribution in [1.82, 2.24) is 4.98 Å². The van der Waals surface area contributed by atoms with Crippen LogP contribution in [-0.4, -0.2) is 10.8 Å². The summed E-state index contributed by atoms with van der Waals surface area (Å²) in [6.45, 7) is 3.94. The minimum absolute atomic E-state index is 0.0171. The molecule has 0 aliphatic carbocycles. The minimum atomic E-state index is 0.0171. The number of ketones is 1. The zero-order chi connectivity index (χ0) is 13.0. The van der Waals surface area contributed by atoms with Crippen LogP contribution in [-0.2, 0) is 6.61 Å². The second kappa shape index (κ2) is 5.45. The van der Waals surface area contributed by atoms with Crippen molar-refractivity contribution in [3.8, 4) is 5.75 Å². The Morgan fingerprint density at radius 1 is 1.22 bits per heavy atom. The molecule has 0 unspecified atom stereocenters. The molecule has 0 saturated carbocycles. The smallest absolute Gasteiger partial charge is 0.163 e. The lowest BCUT2D eigenvalue weighted by atomic mass is 10.1. The molecule has 0 aliphatic rings. The first-order valence-electron chi connectivity index (χ1n) is 5.80. The molecule has 0 aliphatic heterocycles. The van der Waals surface area contributed by atoms with Crippen molar-refractivity contribution in [2.75, 3.05) is 0 Å². The lowest BCUT2D eigenvalue weighted by molar-refractivity contribution is 0.101. The number of nitrogens with zero attached hydrogens (tertiary/aromatic N) is 1. The number of pyridine rings is 1. The summed E-state index contributed by atoms with van der Waals surface area (Å²) in [7, 11) is 0.